The van der Waals surface area contributed by atoms with Gasteiger partial charge in [0.25, 0.3) is 11.5 Å². The second-order valence-corrected chi connectivity index (χ2v) is 13.7. The third-order valence-corrected chi connectivity index (χ3v) is 9.88. The lowest BCUT2D eigenvalue weighted by atomic mass is 9.94. The van der Waals surface area contributed by atoms with Gasteiger partial charge in [0.15, 0.2) is 16.3 Å². The number of nitrogens with zero attached hydrogens (tertiary/aromatic N) is 2. The van der Waals surface area contributed by atoms with E-state index in [1.807, 2.05) is 60.7 Å². The molecular weight excluding hydrogens is 774 g/mol. The van der Waals surface area contributed by atoms with Crippen LogP contribution in [0.4, 0.5) is 5.69 Å². The number of carbonyl (C=O) groups is 1. The fraction of sp³-hybridized carbons (Fsp3) is 0.162. The molecule has 0 fully saturated rings. The van der Waals surface area contributed by atoms with Crippen molar-refractivity contribution < 1.29 is 23.7 Å². The lowest BCUT2D eigenvalue weighted by molar-refractivity contribution is -0.113. The average Bonchev–Trinajstić information content (AvgIpc) is 3.40. The Bertz CT molecular complexity index is 2230. The highest BCUT2D eigenvalue weighted by Gasteiger charge is 2.34. The number of fused-ring (bicyclic) bond motifs is 1. The van der Waals surface area contributed by atoms with Gasteiger partial charge in [-0.15, -0.1) is 0 Å². The Morgan fingerprint density at radius 3 is 2.20 bits per heavy atom. The first-order chi connectivity index (χ1) is 23.7. The first kappa shape index (κ1) is 34.2. The van der Waals surface area contributed by atoms with Crippen LogP contribution in [0.15, 0.2) is 115 Å². The Kier molecular flexibility index (Phi) is 10.4. The maximum Gasteiger partial charge on any atom is 0.271 e. The maximum absolute atomic E-state index is 14.5. The van der Waals surface area contributed by atoms with Crippen LogP contribution in [0.3, 0.4) is 0 Å². The third-order valence-electron chi connectivity index (χ3n) is 7.85. The number of para-hydroxylation sites is 1. The molecule has 1 amide bonds. The number of halogens is 2. The summed E-state index contributed by atoms with van der Waals surface area (Å²) in [6.45, 7) is 2.10. The number of rotatable bonds is 10. The van der Waals surface area contributed by atoms with Crippen LogP contribution in [0.5, 0.6) is 23.0 Å². The maximum atomic E-state index is 14.5. The summed E-state index contributed by atoms with van der Waals surface area (Å²) in [5.41, 5.74) is 3.31. The van der Waals surface area contributed by atoms with Gasteiger partial charge in [0.2, 0.25) is 5.75 Å². The molecule has 1 aliphatic heterocycles. The van der Waals surface area contributed by atoms with Crippen LogP contribution >= 0.6 is 43.2 Å². The predicted octanol–water partition coefficient (Wildman–Crippen LogP) is 7.00. The molecule has 1 aliphatic rings. The number of methoxy groups -OCH3 is 3. The Labute approximate surface area is 303 Å². The molecule has 2 heterocycles. The molecule has 4 aromatic carbocycles. The van der Waals surface area contributed by atoms with Crippen molar-refractivity contribution in [2.45, 2.75) is 19.6 Å². The molecule has 0 bridgehead atoms. The molecule has 1 N–H and O–H groups in total. The van der Waals surface area contributed by atoms with E-state index in [1.54, 1.807) is 41.8 Å². The standard InChI is InChI=1S/C37H31Br2N3O6S/c1-21-31(35(43)41-26-13-9-6-10-14-26)32(23-16-28(45-2)34(47-4)29(17-23)46-3)42-36(44)30(49-37(42)40-21)18-24-15-25(38)19-27(39)33(24)48-20-22-11-7-5-8-12-22/h5-19,32H,20H2,1-4H3,(H,41,43)/b30-18-/t32-/m0/s1. The minimum Gasteiger partial charge on any atom is -0.493 e. The molecule has 12 heteroatoms. The highest BCUT2D eigenvalue weighted by molar-refractivity contribution is 9.11. The molecule has 0 spiro atoms. The number of thiazole rings is 1. The van der Waals surface area contributed by atoms with Gasteiger partial charge in [0, 0.05) is 15.7 Å². The number of allylic oxidation sites excluding steroid dienone is 1. The highest BCUT2D eigenvalue weighted by Crippen LogP contribution is 2.42. The number of hydrogen-bond acceptors (Lipinski definition) is 8. The van der Waals surface area contributed by atoms with Gasteiger partial charge in [-0.3, -0.25) is 14.2 Å². The summed E-state index contributed by atoms with van der Waals surface area (Å²) in [5.74, 6) is 1.35. The molecule has 0 radical (unpaired) electrons. The van der Waals surface area contributed by atoms with E-state index in [1.165, 1.54) is 32.7 Å². The van der Waals surface area contributed by atoms with Crippen molar-refractivity contribution in [3.05, 3.63) is 142 Å². The molecule has 0 saturated carbocycles. The van der Waals surface area contributed by atoms with Crippen molar-refractivity contribution >= 4 is 60.9 Å². The van der Waals surface area contributed by atoms with E-state index in [0.717, 1.165) is 14.5 Å². The van der Waals surface area contributed by atoms with Crippen LogP contribution < -0.4 is 39.2 Å². The van der Waals surface area contributed by atoms with Gasteiger partial charge in [0.05, 0.1) is 47.6 Å². The first-order valence-corrected chi connectivity index (χ1v) is 17.5. The zero-order valence-electron chi connectivity index (χ0n) is 27.0. The van der Waals surface area contributed by atoms with Crippen molar-refractivity contribution in [1.29, 1.82) is 0 Å². The van der Waals surface area contributed by atoms with Crippen LogP contribution in [0.2, 0.25) is 0 Å². The van der Waals surface area contributed by atoms with Gasteiger partial charge in [-0.05, 0) is 76.5 Å². The minimum atomic E-state index is -0.876. The fourth-order valence-corrected chi connectivity index (χ4v) is 8.03. The summed E-state index contributed by atoms with van der Waals surface area (Å²) >= 11 is 8.45. The Morgan fingerprint density at radius 2 is 1.57 bits per heavy atom. The molecule has 5 aromatic rings. The predicted molar refractivity (Wildman–Crippen MR) is 198 cm³/mol. The van der Waals surface area contributed by atoms with E-state index >= 15 is 0 Å². The Hall–Kier alpha value is -4.65. The van der Waals surface area contributed by atoms with Gasteiger partial charge >= 0.3 is 0 Å². The number of carbonyl (C=O) groups excluding carboxylic acids is 1. The summed E-state index contributed by atoms with van der Waals surface area (Å²) in [6.07, 6.45) is 1.79. The zero-order valence-corrected chi connectivity index (χ0v) is 30.9. The highest BCUT2D eigenvalue weighted by atomic mass is 79.9. The van der Waals surface area contributed by atoms with Crippen LogP contribution in [0.1, 0.15) is 29.7 Å². The number of ether oxygens (including phenoxy) is 4. The number of hydrogen-bond donors (Lipinski definition) is 1. The van der Waals surface area contributed by atoms with Gasteiger partial charge in [-0.25, -0.2) is 4.99 Å². The average molecular weight is 806 g/mol. The monoisotopic (exact) mass is 803 g/mol. The van der Waals surface area contributed by atoms with Gasteiger partial charge in [-0.1, -0.05) is 75.8 Å². The summed E-state index contributed by atoms with van der Waals surface area (Å²) in [6, 6.07) is 25.4. The van der Waals surface area contributed by atoms with E-state index in [4.69, 9.17) is 23.9 Å². The van der Waals surface area contributed by atoms with Crippen molar-refractivity contribution in [3.63, 3.8) is 0 Å². The fourth-order valence-electron chi connectivity index (χ4n) is 5.62. The molecule has 9 nitrogen and oxygen atoms in total. The van der Waals surface area contributed by atoms with E-state index in [-0.39, 0.29) is 5.56 Å². The summed E-state index contributed by atoms with van der Waals surface area (Å²) in [5, 5.41) is 2.98. The normalized spacial score (nSPS) is 14.2. The second-order valence-electron chi connectivity index (χ2n) is 10.9. The topological polar surface area (TPSA) is 100 Å². The summed E-state index contributed by atoms with van der Waals surface area (Å²) < 4.78 is 26.6. The van der Waals surface area contributed by atoms with Crippen molar-refractivity contribution in [3.8, 4) is 23.0 Å². The third kappa shape index (κ3) is 7.08. The van der Waals surface area contributed by atoms with Crippen molar-refractivity contribution in [2.24, 2.45) is 4.99 Å². The molecular formula is C37H31Br2N3O6S. The molecule has 0 saturated heterocycles. The zero-order chi connectivity index (χ0) is 34.7. The second kappa shape index (κ2) is 14.9. The smallest absolute Gasteiger partial charge is 0.271 e. The van der Waals surface area contributed by atoms with E-state index in [9.17, 15) is 9.59 Å². The van der Waals surface area contributed by atoms with Gasteiger partial charge in [-0.2, -0.15) is 0 Å². The molecule has 250 valence electrons. The van der Waals surface area contributed by atoms with Crippen molar-refractivity contribution in [2.75, 3.05) is 26.6 Å². The molecule has 1 atom stereocenters. The van der Waals surface area contributed by atoms with Crippen LogP contribution in [0.25, 0.3) is 6.08 Å². The number of anilines is 1. The van der Waals surface area contributed by atoms with Crippen LogP contribution in [0, 0.1) is 0 Å². The molecule has 49 heavy (non-hydrogen) atoms. The summed E-state index contributed by atoms with van der Waals surface area (Å²) in [4.78, 5) is 33.8. The molecule has 0 unspecified atom stereocenters. The van der Waals surface area contributed by atoms with Crippen LogP contribution in [-0.4, -0.2) is 31.8 Å². The molecule has 6 rings (SSSR count). The number of benzene rings is 4. The van der Waals surface area contributed by atoms with Crippen LogP contribution in [-0.2, 0) is 11.4 Å². The first-order valence-electron chi connectivity index (χ1n) is 15.1. The molecule has 1 aromatic heterocycles. The SMILES string of the molecule is COc1cc([C@H]2C(C(=O)Nc3ccccc3)=C(C)N=c3s/c(=C\c4cc(Br)cc(Br)c4OCc4ccccc4)c(=O)n32)cc(OC)c1OC. The minimum absolute atomic E-state index is 0.300. The number of amides is 1. The van der Waals surface area contributed by atoms with E-state index < -0.39 is 11.9 Å². The van der Waals surface area contributed by atoms with E-state index in [2.05, 4.69) is 37.2 Å². The summed E-state index contributed by atoms with van der Waals surface area (Å²) in [7, 11) is 4.55. The van der Waals surface area contributed by atoms with Gasteiger partial charge in [0.1, 0.15) is 12.4 Å². The van der Waals surface area contributed by atoms with Gasteiger partial charge < -0.3 is 24.3 Å². The molecule has 0 aliphatic carbocycles. The number of nitrogens with one attached hydrogen (secondary N) is 1. The number of aromatic nitrogens is 1. The quantitative estimate of drug-likeness (QED) is 0.163. The lowest BCUT2D eigenvalue weighted by Gasteiger charge is -2.26. The largest absolute Gasteiger partial charge is 0.493 e. The van der Waals surface area contributed by atoms with Crippen molar-refractivity contribution in [1.82, 2.24) is 4.57 Å². The lowest BCUT2D eigenvalue weighted by Crippen LogP contribution is -2.40. The Morgan fingerprint density at radius 1 is 0.918 bits per heavy atom. The Balaban J connectivity index is 1.53. The van der Waals surface area contributed by atoms with E-state index in [0.29, 0.717) is 67.0 Å².